The van der Waals surface area contributed by atoms with E-state index in [1.165, 1.54) is 0 Å². The second-order valence-corrected chi connectivity index (χ2v) is 5.05. The van der Waals surface area contributed by atoms with E-state index in [0.717, 1.165) is 32.4 Å². The molecule has 0 aromatic carbocycles. The highest BCUT2D eigenvalue weighted by Gasteiger charge is 2.38. The molecule has 1 aromatic rings. The number of nitrogens with one attached hydrogen (secondary N) is 1. The number of rotatable bonds is 4. The minimum absolute atomic E-state index is 0.144. The SMILES string of the molecule is CCC1(c2nc(CCC(F)(F)F)no2)CCCNC1. The summed E-state index contributed by atoms with van der Waals surface area (Å²) >= 11 is 0. The smallest absolute Gasteiger partial charge is 0.339 e. The van der Waals surface area contributed by atoms with Gasteiger partial charge < -0.3 is 9.84 Å². The molecule has 7 heteroatoms. The molecule has 1 aliphatic rings. The fourth-order valence-electron chi connectivity index (χ4n) is 2.43. The molecule has 1 unspecified atom stereocenters. The number of aryl methyl sites for hydroxylation is 1. The Kier molecular flexibility index (Phi) is 4.13. The van der Waals surface area contributed by atoms with Crippen molar-refractivity contribution in [3.05, 3.63) is 11.7 Å². The molecule has 1 saturated heterocycles. The van der Waals surface area contributed by atoms with Crippen molar-refractivity contribution in [3.63, 3.8) is 0 Å². The van der Waals surface area contributed by atoms with Crippen LogP contribution in [0.15, 0.2) is 4.52 Å². The highest BCUT2D eigenvalue weighted by Crippen LogP contribution is 2.33. The van der Waals surface area contributed by atoms with Gasteiger partial charge in [-0.25, -0.2) is 0 Å². The standard InChI is InChI=1S/C12H18F3N3O/c1-2-11(5-3-7-16-8-11)10-17-9(18-19-10)4-6-12(13,14)15/h16H,2-8H2,1H3. The first-order chi connectivity index (χ1) is 8.95. The van der Waals surface area contributed by atoms with Gasteiger partial charge in [-0.3, -0.25) is 0 Å². The lowest BCUT2D eigenvalue weighted by molar-refractivity contribution is -0.134. The van der Waals surface area contributed by atoms with E-state index in [1.807, 2.05) is 6.92 Å². The molecule has 0 aliphatic carbocycles. The molecule has 1 N–H and O–H groups in total. The molecule has 19 heavy (non-hydrogen) atoms. The second-order valence-electron chi connectivity index (χ2n) is 5.05. The van der Waals surface area contributed by atoms with Crippen LogP contribution >= 0.6 is 0 Å². The van der Waals surface area contributed by atoms with E-state index in [9.17, 15) is 13.2 Å². The minimum Gasteiger partial charge on any atom is -0.339 e. The third kappa shape index (κ3) is 3.46. The monoisotopic (exact) mass is 277 g/mol. The first-order valence-corrected chi connectivity index (χ1v) is 6.56. The molecule has 0 radical (unpaired) electrons. The van der Waals surface area contributed by atoms with Gasteiger partial charge in [-0.2, -0.15) is 18.2 Å². The van der Waals surface area contributed by atoms with Crippen molar-refractivity contribution >= 4 is 0 Å². The molecule has 108 valence electrons. The van der Waals surface area contributed by atoms with Crippen LogP contribution in [0.1, 0.15) is 44.3 Å². The summed E-state index contributed by atoms with van der Waals surface area (Å²) < 4.78 is 41.6. The van der Waals surface area contributed by atoms with Crippen molar-refractivity contribution in [1.82, 2.24) is 15.5 Å². The average Bonchev–Trinajstić information content (AvgIpc) is 2.86. The number of halogens is 3. The molecule has 2 rings (SSSR count). The van der Waals surface area contributed by atoms with Crippen LogP contribution in [0.3, 0.4) is 0 Å². The van der Waals surface area contributed by atoms with E-state index in [1.54, 1.807) is 0 Å². The van der Waals surface area contributed by atoms with Gasteiger partial charge in [0.05, 0.1) is 11.8 Å². The van der Waals surface area contributed by atoms with Crippen LogP contribution in [-0.2, 0) is 11.8 Å². The number of nitrogens with zero attached hydrogens (tertiary/aromatic N) is 2. The zero-order chi connectivity index (χ0) is 13.9. The Morgan fingerprint density at radius 2 is 2.21 bits per heavy atom. The van der Waals surface area contributed by atoms with Crippen molar-refractivity contribution in [2.24, 2.45) is 0 Å². The maximum Gasteiger partial charge on any atom is 0.389 e. The van der Waals surface area contributed by atoms with Gasteiger partial charge in [-0.15, -0.1) is 0 Å². The van der Waals surface area contributed by atoms with Gasteiger partial charge in [0, 0.05) is 13.0 Å². The van der Waals surface area contributed by atoms with E-state index < -0.39 is 12.6 Å². The maximum absolute atomic E-state index is 12.1. The van der Waals surface area contributed by atoms with E-state index >= 15 is 0 Å². The van der Waals surface area contributed by atoms with Crippen molar-refractivity contribution in [2.45, 2.75) is 50.6 Å². The van der Waals surface area contributed by atoms with Crippen molar-refractivity contribution in [2.75, 3.05) is 13.1 Å². The van der Waals surface area contributed by atoms with Crippen LogP contribution < -0.4 is 5.32 Å². The van der Waals surface area contributed by atoms with Crippen molar-refractivity contribution < 1.29 is 17.7 Å². The van der Waals surface area contributed by atoms with Crippen LogP contribution in [0.25, 0.3) is 0 Å². The molecule has 0 bridgehead atoms. The van der Waals surface area contributed by atoms with Crippen LogP contribution in [-0.4, -0.2) is 29.4 Å². The molecule has 1 atom stereocenters. The van der Waals surface area contributed by atoms with Gasteiger partial charge in [0.2, 0.25) is 5.89 Å². The van der Waals surface area contributed by atoms with E-state index in [4.69, 9.17) is 4.52 Å². The lowest BCUT2D eigenvalue weighted by Gasteiger charge is -2.33. The zero-order valence-corrected chi connectivity index (χ0v) is 10.9. The molecule has 2 heterocycles. The molecule has 0 saturated carbocycles. The molecule has 1 aromatic heterocycles. The largest absolute Gasteiger partial charge is 0.389 e. The Morgan fingerprint density at radius 1 is 1.42 bits per heavy atom. The van der Waals surface area contributed by atoms with Gasteiger partial charge >= 0.3 is 6.18 Å². The molecule has 1 aliphatic heterocycles. The van der Waals surface area contributed by atoms with E-state index in [2.05, 4.69) is 15.5 Å². The topological polar surface area (TPSA) is 51.0 Å². The summed E-state index contributed by atoms with van der Waals surface area (Å²) in [5, 5.41) is 6.96. The van der Waals surface area contributed by atoms with Crippen LogP contribution in [0.5, 0.6) is 0 Å². The highest BCUT2D eigenvalue weighted by molar-refractivity contribution is 5.08. The predicted octanol–water partition coefficient (Wildman–Crippen LogP) is 2.60. The second kappa shape index (κ2) is 5.48. The lowest BCUT2D eigenvalue weighted by Crippen LogP contribution is -2.43. The van der Waals surface area contributed by atoms with Gasteiger partial charge in [-0.05, 0) is 25.8 Å². The Hall–Kier alpha value is -1.11. The Bertz CT molecular complexity index is 411. The zero-order valence-electron chi connectivity index (χ0n) is 10.9. The molecule has 0 spiro atoms. The van der Waals surface area contributed by atoms with Gasteiger partial charge in [-0.1, -0.05) is 12.1 Å². The van der Waals surface area contributed by atoms with Crippen LogP contribution in [0.4, 0.5) is 13.2 Å². The summed E-state index contributed by atoms with van der Waals surface area (Å²) in [6, 6.07) is 0. The maximum atomic E-state index is 12.1. The summed E-state index contributed by atoms with van der Waals surface area (Å²) in [6.45, 7) is 3.73. The first kappa shape index (κ1) is 14.3. The van der Waals surface area contributed by atoms with Crippen LogP contribution in [0.2, 0.25) is 0 Å². The first-order valence-electron chi connectivity index (χ1n) is 6.56. The number of piperidine rings is 1. The van der Waals surface area contributed by atoms with E-state index in [0.29, 0.717) is 5.89 Å². The predicted molar refractivity (Wildman–Crippen MR) is 62.7 cm³/mol. The van der Waals surface area contributed by atoms with E-state index in [-0.39, 0.29) is 17.7 Å². The molecule has 1 fully saturated rings. The number of hydrogen-bond donors (Lipinski definition) is 1. The number of alkyl halides is 3. The van der Waals surface area contributed by atoms with Crippen molar-refractivity contribution in [1.29, 1.82) is 0 Å². The third-order valence-electron chi connectivity index (χ3n) is 3.70. The summed E-state index contributed by atoms with van der Waals surface area (Å²) in [5.41, 5.74) is -0.221. The van der Waals surface area contributed by atoms with Crippen LogP contribution in [0, 0.1) is 0 Å². The highest BCUT2D eigenvalue weighted by atomic mass is 19.4. The minimum atomic E-state index is -4.18. The van der Waals surface area contributed by atoms with Gasteiger partial charge in [0.25, 0.3) is 0 Å². The Balaban J connectivity index is 2.06. The normalized spacial score (nSPS) is 24.6. The lowest BCUT2D eigenvalue weighted by atomic mass is 9.78. The van der Waals surface area contributed by atoms with Gasteiger partial charge in [0.1, 0.15) is 0 Å². The molecule has 0 amide bonds. The molecule has 4 nitrogen and oxygen atoms in total. The number of aromatic nitrogens is 2. The van der Waals surface area contributed by atoms with Crippen molar-refractivity contribution in [3.8, 4) is 0 Å². The fraction of sp³-hybridized carbons (Fsp3) is 0.833. The third-order valence-corrected chi connectivity index (χ3v) is 3.70. The average molecular weight is 277 g/mol. The fourth-order valence-corrected chi connectivity index (χ4v) is 2.43. The number of hydrogen-bond acceptors (Lipinski definition) is 4. The summed E-state index contributed by atoms with van der Waals surface area (Å²) in [4.78, 5) is 4.16. The summed E-state index contributed by atoms with van der Waals surface area (Å²) in [5.74, 6) is 0.616. The quantitative estimate of drug-likeness (QED) is 0.919. The summed E-state index contributed by atoms with van der Waals surface area (Å²) in [7, 11) is 0. The van der Waals surface area contributed by atoms with Gasteiger partial charge in [0.15, 0.2) is 5.82 Å². The Labute approximate surface area is 109 Å². The molecular formula is C12H18F3N3O. The Morgan fingerprint density at radius 3 is 2.79 bits per heavy atom. The summed E-state index contributed by atoms with van der Waals surface area (Å²) in [6.07, 6.45) is -2.55. The molecular weight excluding hydrogens is 259 g/mol.